The fourth-order valence-corrected chi connectivity index (χ4v) is 0. The Bertz CT molecular complexity index is 218. The van der Waals surface area contributed by atoms with Crippen LogP contribution in [0.1, 0.15) is 0 Å². The minimum absolute atomic E-state index is 0. The molecule has 0 aliphatic rings. The predicted octanol–water partition coefficient (Wildman–Crippen LogP) is -7.32. The maximum atomic E-state index is 8.85. The molecule has 0 spiro atoms. The van der Waals surface area contributed by atoms with Crippen molar-refractivity contribution in [2.75, 3.05) is 0 Å². The molecular weight excluding hydrogens is 324 g/mol. The Labute approximate surface area is 102 Å². The Kier molecular flexibility index (Phi) is 71.7. The summed E-state index contributed by atoms with van der Waals surface area (Å²) >= 11 is 0. The van der Waals surface area contributed by atoms with Gasteiger partial charge in [0.1, 0.15) is 0 Å². The van der Waals surface area contributed by atoms with Crippen molar-refractivity contribution in [1.29, 1.82) is 0 Å². The molecule has 0 heterocycles. The topological polar surface area (TPSA) is 324 Å². The molecule has 0 atom stereocenters. The molecule has 16 heavy (non-hydrogen) atoms. The normalized spacial score (nSPS) is 7.25. The first-order chi connectivity index (χ1) is 4.00. The summed E-state index contributed by atoms with van der Waals surface area (Å²) in [6.07, 6.45) is 0. The molecule has 0 saturated heterocycles. The summed E-state index contributed by atoms with van der Waals surface area (Å²) in [7, 11) is -8.83. The molecule has 0 bridgehead atoms. The van der Waals surface area contributed by atoms with E-state index in [4.69, 9.17) is 25.9 Å². The van der Waals surface area contributed by atoms with E-state index >= 15 is 0 Å². The molecule has 16 heteroatoms. The summed E-state index contributed by atoms with van der Waals surface area (Å²) in [5.41, 5.74) is 0. The molecule has 110 valence electrons. The summed E-state index contributed by atoms with van der Waals surface area (Å²) in [5, 5.41) is 7.54. The standard InChI is InChI=1S/Fe.2H3NO3S.5H2O/c;2*1-5(2,3)4;;;;;/h;2*(H3,1,2,3,4);5*1H2/q+2;;;;;;;/p-2. The van der Waals surface area contributed by atoms with Gasteiger partial charge in [-0.05, 0) is 0 Å². The molecule has 0 aromatic heterocycles. The Balaban J connectivity index is -0.00000000970. The number of hydrogen-bond donors (Lipinski definition) is 2. The van der Waals surface area contributed by atoms with Gasteiger partial charge in [0.15, 0.2) is 20.6 Å². The zero-order valence-corrected chi connectivity index (χ0v) is 10.0. The summed E-state index contributed by atoms with van der Waals surface area (Å²) in [4.78, 5) is 0. The predicted molar refractivity (Wildman–Crippen MR) is 45.8 cm³/mol. The van der Waals surface area contributed by atoms with Crippen molar-refractivity contribution in [2.45, 2.75) is 0 Å². The Hall–Kier alpha value is 0.0595. The molecule has 0 aliphatic carbocycles. The third-order valence-corrected chi connectivity index (χ3v) is 0. The first-order valence-corrected chi connectivity index (χ1v) is 4.41. The molecule has 0 radical (unpaired) electrons. The summed E-state index contributed by atoms with van der Waals surface area (Å²) < 4.78 is 53.1. The largest absolute Gasteiger partial charge is 2.00 e. The van der Waals surface area contributed by atoms with Crippen molar-refractivity contribution < 1.29 is 70.4 Å². The van der Waals surface area contributed by atoms with Crippen LogP contribution >= 0.6 is 0 Å². The van der Waals surface area contributed by atoms with Gasteiger partial charge in [0.2, 0.25) is 0 Å². The molecule has 14 N–H and O–H groups in total. The van der Waals surface area contributed by atoms with Gasteiger partial charge >= 0.3 is 17.1 Å². The Morgan fingerprint density at radius 1 is 0.625 bits per heavy atom. The van der Waals surface area contributed by atoms with Crippen molar-refractivity contribution in [1.82, 2.24) is 0 Å². The van der Waals surface area contributed by atoms with E-state index in [1.54, 1.807) is 0 Å². The molecular formula is H14FeN2O11S2. The minimum atomic E-state index is -4.42. The van der Waals surface area contributed by atoms with Crippen LogP contribution in [0.25, 0.3) is 0 Å². The smallest absolute Gasteiger partial charge is 0.736 e. The zero-order valence-electron chi connectivity index (χ0n) is 7.27. The van der Waals surface area contributed by atoms with Crippen LogP contribution in [0.5, 0.6) is 0 Å². The van der Waals surface area contributed by atoms with Crippen LogP contribution < -0.4 is 10.3 Å². The second kappa shape index (κ2) is 20.5. The first kappa shape index (κ1) is 56.1. The molecule has 0 aliphatic heterocycles. The van der Waals surface area contributed by atoms with Crippen LogP contribution in [0.15, 0.2) is 0 Å². The number of hydrogen-bond acceptors (Lipinski definition) is 6. The van der Waals surface area contributed by atoms with Crippen molar-refractivity contribution in [3.05, 3.63) is 0 Å². The van der Waals surface area contributed by atoms with E-state index in [-0.39, 0.29) is 44.4 Å². The van der Waals surface area contributed by atoms with E-state index in [0.717, 1.165) is 0 Å². The zero-order chi connectivity index (χ0) is 9.00. The van der Waals surface area contributed by atoms with Crippen molar-refractivity contribution >= 4 is 20.6 Å². The second-order valence-corrected chi connectivity index (χ2v) is 2.96. The van der Waals surface area contributed by atoms with E-state index in [0.29, 0.717) is 0 Å². The van der Waals surface area contributed by atoms with E-state index in [1.807, 2.05) is 0 Å². The van der Waals surface area contributed by atoms with Crippen molar-refractivity contribution in [2.24, 2.45) is 10.3 Å². The molecule has 0 amide bonds. The SMILES string of the molecule is NS(=O)(=O)[O-].NS(=O)(=O)[O-].O.O.O.O.O.[Fe+2]. The average molecular weight is 338 g/mol. The summed E-state index contributed by atoms with van der Waals surface area (Å²) in [6, 6.07) is 0. The molecule has 0 saturated carbocycles. The van der Waals surface area contributed by atoms with E-state index in [2.05, 4.69) is 10.3 Å². The average Bonchev–Trinajstić information content (AvgIpc) is 1.12. The van der Waals surface area contributed by atoms with Gasteiger partial charge in [-0.3, -0.25) is 0 Å². The van der Waals surface area contributed by atoms with Gasteiger partial charge < -0.3 is 36.5 Å². The Morgan fingerprint density at radius 3 is 0.625 bits per heavy atom. The van der Waals surface area contributed by atoms with Crippen LogP contribution in [0.2, 0.25) is 0 Å². The third kappa shape index (κ3) is 678000. The van der Waals surface area contributed by atoms with Gasteiger partial charge in [-0.1, -0.05) is 0 Å². The molecule has 0 fully saturated rings. The monoisotopic (exact) mass is 338 g/mol. The van der Waals surface area contributed by atoms with Gasteiger partial charge in [0.05, 0.1) is 0 Å². The third-order valence-electron chi connectivity index (χ3n) is 0. The van der Waals surface area contributed by atoms with Crippen LogP contribution in [0, 0.1) is 0 Å². The molecule has 0 unspecified atom stereocenters. The van der Waals surface area contributed by atoms with Crippen LogP contribution in [-0.4, -0.2) is 53.3 Å². The molecule has 13 nitrogen and oxygen atoms in total. The fourth-order valence-electron chi connectivity index (χ4n) is 0. The van der Waals surface area contributed by atoms with Gasteiger partial charge in [0, 0.05) is 0 Å². The Morgan fingerprint density at radius 2 is 0.625 bits per heavy atom. The maximum absolute atomic E-state index is 8.85. The van der Waals surface area contributed by atoms with Crippen LogP contribution in [0.4, 0.5) is 0 Å². The van der Waals surface area contributed by atoms with Gasteiger partial charge in [-0.2, -0.15) is 0 Å². The molecule has 0 rings (SSSR count). The summed E-state index contributed by atoms with van der Waals surface area (Å²) in [6.45, 7) is 0. The molecule has 0 aromatic carbocycles. The van der Waals surface area contributed by atoms with Gasteiger partial charge in [-0.25, -0.2) is 27.1 Å². The number of rotatable bonds is 0. The number of nitrogens with two attached hydrogens (primary N) is 2. The van der Waals surface area contributed by atoms with Gasteiger partial charge in [0.25, 0.3) is 0 Å². The van der Waals surface area contributed by atoms with E-state index in [1.165, 1.54) is 0 Å². The fraction of sp³-hybridized carbons (Fsp3) is 0. The van der Waals surface area contributed by atoms with Crippen LogP contribution in [0.3, 0.4) is 0 Å². The van der Waals surface area contributed by atoms with Crippen molar-refractivity contribution in [3.63, 3.8) is 0 Å². The second-order valence-electron chi connectivity index (χ2n) is 0.986. The van der Waals surface area contributed by atoms with Crippen LogP contribution in [-0.2, 0) is 37.7 Å². The van der Waals surface area contributed by atoms with Crippen molar-refractivity contribution in [3.8, 4) is 0 Å². The minimum Gasteiger partial charge on any atom is -0.736 e. The first-order valence-electron chi connectivity index (χ1n) is 1.47. The van der Waals surface area contributed by atoms with Gasteiger partial charge in [-0.15, -0.1) is 0 Å². The molecule has 0 aromatic rings. The summed E-state index contributed by atoms with van der Waals surface area (Å²) in [5.74, 6) is 0. The van der Waals surface area contributed by atoms with E-state index in [9.17, 15) is 0 Å². The maximum Gasteiger partial charge on any atom is 2.00 e. The van der Waals surface area contributed by atoms with E-state index < -0.39 is 20.6 Å². The quantitative estimate of drug-likeness (QED) is 0.318.